The molecule has 0 spiro atoms. The number of fused-ring (bicyclic) bond motifs is 1. The second-order valence-electron chi connectivity index (χ2n) is 8.38. The largest absolute Gasteiger partial charge is 0.478 e. The molecule has 0 saturated carbocycles. The summed E-state index contributed by atoms with van der Waals surface area (Å²) in [5.41, 5.74) is 4.84. The Labute approximate surface area is 195 Å². The van der Waals surface area contributed by atoms with Gasteiger partial charge < -0.3 is 20.1 Å². The summed E-state index contributed by atoms with van der Waals surface area (Å²) < 4.78 is 5.84. The van der Waals surface area contributed by atoms with E-state index in [0.717, 1.165) is 40.3 Å². The minimum absolute atomic E-state index is 0.0153. The van der Waals surface area contributed by atoms with Gasteiger partial charge in [0.25, 0.3) is 0 Å². The van der Waals surface area contributed by atoms with Crippen molar-refractivity contribution in [1.29, 1.82) is 0 Å². The van der Waals surface area contributed by atoms with Gasteiger partial charge in [0, 0.05) is 29.9 Å². The number of ether oxygens (including phenoxy) is 1. The van der Waals surface area contributed by atoms with Gasteiger partial charge in [-0.05, 0) is 87.2 Å². The lowest BCUT2D eigenvalue weighted by atomic mass is 9.90. The second-order valence-corrected chi connectivity index (χ2v) is 8.38. The van der Waals surface area contributed by atoms with Gasteiger partial charge in [-0.3, -0.25) is 4.79 Å². The fourth-order valence-corrected chi connectivity index (χ4v) is 4.24. The second kappa shape index (κ2) is 10.4. The van der Waals surface area contributed by atoms with Gasteiger partial charge in [0.2, 0.25) is 5.91 Å². The zero-order chi connectivity index (χ0) is 24.1. The number of nitrogens with zero attached hydrogens (tertiary/aromatic N) is 1. The molecule has 2 aromatic rings. The van der Waals surface area contributed by atoms with Crippen molar-refractivity contribution in [1.82, 2.24) is 0 Å². The van der Waals surface area contributed by atoms with E-state index in [1.54, 1.807) is 29.4 Å². The van der Waals surface area contributed by atoms with E-state index < -0.39 is 5.97 Å². The lowest BCUT2D eigenvalue weighted by Gasteiger charge is -2.39. The molecule has 2 N–H and O–H groups in total. The van der Waals surface area contributed by atoms with Crippen LogP contribution in [0.25, 0.3) is 5.76 Å². The third kappa shape index (κ3) is 5.28. The first-order chi connectivity index (χ1) is 15.8. The van der Waals surface area contributed by atoms with Gasteiger partial charge in [-0.15, -0.1) is 0 Å². The van der Waals surface area contributed by atoms with Crippen molar-refractivity contribution in [3.8, 4) is 0 Å². The van der Waals surface area contributed by atoms with E-state index in [9.17, 15) is 14.7 Å². The Morgan fingerprint density at radius 2 is 1.82 bits per heavy atom. The number of amides is 1. The molecule has 0 radical (unpaired) electrons. The van der Waals surface area contributed by atoms with Crippen LogP contribution < -0.4 is 10.2 Å². The molecular formula is C27H32N2O4. The summed E-state index contributed by atoms with van der Waals surface area (Å²) in [7, 11) is 0. The number of carbonyl (C=O) groups is 2. The van der Waals surface area contributed by atoms with Crippen LogP contribution in [-0.2, 0) is 9.53 Å². The molecule has 1 heterocycles. The van der Waals surface area contributed by atoms with Crippen LogP contribution in [-0.4, -0.2) is 23.0 Å². The number of nitrogens with one attached hydrogen (secondary N) is 1. The fraction of sp³-hybridized carbons (Fsp3) is 0.333. The van der Waals surface area contributed by atoms with Crippen molar-refractivity contribution < 1.29 is 19.4 Å². The van der Waals surface area contributed by atoms with E-state index >= 15 is 0 Å². The molecule has 6 heteroatoms. The summed E-state index contributed by atoms with van der Waals surface area (Å²) in [6, 6.07) is 12.8. The fourth-order valence-electron chi connectivity index (χ4n) is 4.24. The van der Waals surface area contributed by atoms with Crippen LogP contribution in [0.15, 0.2) is 60.4 Å². The summed E-state index contributed by atoms with van der Waals surface area (Å²) in [4.78, 5) is 25.6. The maximum atomic E-state index is 12.3. The first kappa shape index (κ1) is 24.1. The molecule has 1 aliphatic heterocycles. The van der Waals surface area contributed by atoms with Gasteiger partial charge in [-0.25, -0.2) is 4.79 Å². The Morgan fingerprint density at radius 1 is 1.15 bits per heavy atom. The van der Waals surface area contributed by atoms with Crippen LogP contribution in [0.4, 0.5) is 11.4 Å². The maximum absolute atomic E-state index is 12.3. The minimum atomic E-state index is -0.986. The Hall–Kier alpha value is -3.54. The molecule has 174 valence electrons. The summed E-state index contributed by atoms with van der Waals surface area (Å²) in [6.45, 7) is 9.62. The predicted molar refractivity (Wildman–Crippen MR) is 132 cm³/mol. The van der Waals surface area contributed by atoms with Crippen molar-refractivity contribution in [2.45, 2.75) is 59.5 Å². The molecule has 33 heavy (non-hydrogen) atoms. The van der Waals surface area contributed by atoms with E-state index in [1.165, 1.54) is 6.92 Å². The van der Waals surface area contributed by atoms with Gasteiger partial charge in [0.05, 0.1) is 17.9 Å². The van der Waals surface area contributed by atoms with E-state index in [0.29, 0.717) is 6.42 Å². The molecule has 1 amide bonds. The number of aromatic carboxylic acids is 1. The number of allylic oxidation sites excluding steroid dienone is 2. The number of rotatable bonds is 7. The van der Waals surface area contributed by atoms with Crippen LogP contribution in [0.5, 0.6) is 0 Å². The highest BCUT2D eigenvalue weighted by molar-refractivity contribution is 5.95. The predicted octanol–water partition coefficient (Wildman–Crippen LogP) is 6.37. The molecule has 0 aromatic heterocycles. The number of carbonyl (C=O) groups excluding carboxylic acids is 1. The van der Waals surface area contributed by atoms with Gasteiger partial charge >= 0.3 is 5.97 Å². The van der Waals surface area contributed by atoms with Gasteiger partial charge in [0.1, 0.15) is 5.76 Å². The third-order valence-corrected chi connectivity index (χ3v) is 5.99. The average molecular weight is 449 g/mol. The van der Waals surface area contributed by atoms with E-state index in [-0.39, 0.29) is 23.6 Å². The van der Waals surface area contributed by atoms with Gasteiger partial charge in [-0.1, -0.05) is 13.0 Å². The molecule has 2 aromatic carbocycles. The summed E-state index contributed by atoms with van der Waals surface area (Å²) in [5, 5.41) is 13.0. The Morgan fingerprint density at radius 3 is 2.39 bits per heavy atom. The van der Waals surface area contributed by atoms with Crippen molar-refractivity contribution in [2.75, 3.05) is 10.2 Å². The molecule has 0 bridgehead atoms. The van der Waals surface area contributed by atoms with E-state index in [2.05, 4.69) is 19.2 Å². The zero-order valence-electron chi connectivity index (χ0n) is 19.9. The first-order valence-electron chi connectivity index (χ1n) is 11.3. The molecule has 6 nitrogen and oxygen atoms in total. The number of hydrogen-bond acceptors (Lipinski definition) is 4. The number of hydrogen-bond donors (Lipinski definition) is 2. The summed E-state index contributed by atoms with van der Waals surface area (Å²) >= 11 is 0. The monoisotopic (exact) mass is 448 g/mol. The normalized spacial score (nSPS) is 18.5. The topological polar surface area (TPSA) is 78.9 Å². The molecule has 3 rings (SSSR count). The van der Waals surface area contributed by atoms with Crippen molar-refractivity contribution in [3.63, 3.8) is 0 Å². The van der Waals surface area contributed by atoms with Crippen LogP contribution in [0.1, 0.15) is 75.0 Å². The molecule has 2 atom stereocenters. The lowest BCUT2D eigenvalue weighted by molar-refractivity contribution is -0.117. The van der Waals surface area contributed by atoms with Crippen molar-refractivity contribution in [3.05, 3.63) is 77.1 Å². The van der Waals surface area contributed by atoms with Crippen molar-refractivity contribution in [2.24, 2.45) is 0 Å². The maximum Gasteiger partial charge on any atom is 0.335 e. The van der Waals surface area contributed by atoms with Crippen LogP contribution in [0.3, 0.4) is 0 Å². The highest BCUT2D eigenvalue weighted by atomic mass is 16.5. The average Bonchev–Trinajstić information content (AvgIpc) is 2.79. The zero-order valence-corrected chi connectivity index (χ0v) is 19.9. The number of benzene rings is 2. The van der Waals surface area contributed by atoms with E-state index in [4.69, 9.17) is 4.74 Å². The Balaban J connectivity index is 1.93. The Kier molecular flexibility index (Phi) is 7.59. The molecule has 0 fully saturated rings. The standard InChI is InChI=1S/C27H32N2O4/c1-6-14-33-26(17(3)7-2)20-8-11-22(12-9-20)28-24-15-18(4)29(19(5)30)25-13-10-21(27(31)32)16-23(24)25/h6,8-14,16,18,24,28H,7,15H2,1-5H3,(H,31,32)/b14-6-,26-17+. The highest BCUT2D eigenvalue weighted by Crippen LogP contribution is 2.40. The van der Waals surface area contributed by atoms with E-state index in [1.807, 2.05) is 44.2 Å². The number of carboxylic acid groups (broad SMARTS) is 1. The first-order valence-corrected chi connectivity index (χ1v) is 11.3. The molecule has 2 unspecified atom stereocenters. The smallest absolute Gasteiger partial charge is 0.335 e. The molecule has 0 aliphatic carbocycles. The van der Waals surface area contributed by atoms with Crippen LogP contribution >= 0.6 is 0 Å². The van der Waals surface area contributed by atoms with Gasteiger partial charge in [-0.2, -0.15) is 0 Å². The summed E-state index contributed by atoms with van der Waals surface area (Å²) in [6.07, 6.45) is 5.10. The minimum Gasteiger partial charge on any atom is -0.478 e. The highest BCUT2D eigenvalue weighted by Gasteiger charge is 2.33. The molecular weight excluding hydrogens is 416 g/mol. The molecule has 1 aliphatic rings. The lowest BCUT2D eigenvalue weighted by Crippen LogP contribution is -2.43. The Bertz CT molecular complexity index is 1090. The molecule has 0 saturated heterocycles. The van der Waals surface area contributed by atoms with Crippen LogP contribution in [0, 0.1) is 0 Å². The van der Waals surface area contributed by atoms with Crippen LogP contribution in [0.2, 0.25) is 0 Å². The number of carboxylic acids is 1. The third-order valence-electron chi connectivity index (χ3n) is 5.99. The van der Waals surface area contributed by atoms with Gasteiger partial charge in [0.15, 0.2) is 0 Å². The SMILES string of the molecule is C/C=C\O/C(=C(\C)CC)c1ccc(NC2CC(C)N(C(C)=O)c3ccc(C(=O)O)cc32)cc1. The quantitative estimate of drug-likeness (QED) is 0.481. The number of anilines is 2. The summed E-state index contributed by atoms with van der Waals surface area (Å²) in [5.74, 6) is -0.191. The van der Waals surface area contributed by atoms with Crippen molar-refractivity contribution >= 4 is 29.0 Å².